The fourth-order valence-corrected chi connectivity index (χ4v) is 12.3. The highest BCUT2D eigenvalue weighted by molar-refractivity contribution is 7.97. The highest BCUT2D eigenvalue weighted by Gasteiger charge is 2.62. The average Bonchev–Trinajstić information content (AvgIpc) is 3.61. The molecule has 15 heteroatoms. The Labute approximate surface area is 382 Å². The monoisotopic (exact) mass is 925 g/mol. The molecule has 2 fully saturated rings. The SMILES string of the molecule is CC[C@@H]1[C@@H](C)[C@H](OCc2ccc(OC)cc2)C[S+]1C[C@@H](OCc1ccccc1)[C@@H](OS(=O)(=O)O)[C@@H]1OC(C)(OC)C(C)(OC)O[C@H]1[C@@H](COCc1ccccc1)OCc1ccccc1. The number of benzene rings is 4. The van der Waals surface area contributed by atoms with Gasteiger partial charge in [0, 0.05) is 20.1 Å². The highest BCUT2D eigenvalue weighted by Crippen LogP contribution is 2.44. The third-order valence-electron chi connectivity index (χ3n) is 12.3. The number of hydrogen-bond acceptors (Lipinski definition) is 12. The Balaban J connectivity index is 1.38. The molecule has 0 spiro atoms. The first-order valence-corrected chi connectivity index (χ1v) is 24.7. The van der Waals surface area contributed by atoms with Crippen molar-refractivity contribution in [3.8, 4) is 5.75 Å². The summed E-state index contributed by atoms with van der Waals surface area (Å²) in [7, 11) is -0.960. The Kier molecular flexibility index (Phi) is 18.2. The van der Waals surface area contributed by atoms with Crippen LogP contribution in [0, 0.1) is 5.92 Å². The van der Waals surface area contributed by atoms with Gasteiger partial charge in [0.15, 0.2) is 0 Å². The second-order valence-corrected chi connectivity index (χ2v) is 19.9. The molecule has 4 aromatic carbocycles. The Morgan fingerprint density at radius 2 is 1.23 bits per heavy atom. The van der Waals surface area contributed by atoms with Gasteiger partial charge in [-0.25, -0.2) is 4.18 Å². The first-order chi connectivity index (χ1) is 30.8. The summed E-state index contributed by atoms with van der Waals surface area (Å²) in [6, 6.07) is 36.8. The zero-order valence-corrected chi connectivity index (χ0v) is 39.5. The van der Waals surface area contributed by atoms with E-state index in [9.17, 15) is 13.0 Å². The average molecular weight is 926 g/mol. The van der Waals surface area contributed by atoms with E-state index in [1.54, 1.807) is 21.0 Å². The van der Waals surface area contributed by atoms with Crippen molar-refractivity contribution in [1.82, 2.24) is 0 Å². The Bertz CT molecular complexity index is 2080. The van der Waals surface area contributed by atoms with Gasteiger partial charge in [-0.05, 0) is 65.5 Å². The lowest BCUT2D eigenvalue weighted by Gasteiger charge is -2.54. The minimum Gasteiger partial charge on any atom is -0.497 e. The lowest BCUT2D eigenvalue weighted by Crippen LogP contribution is -2.71. The third-order valence-corrected chi connectivity index (χ3v) is 15.9. The molecule has 11 atom stereocenters. The zero-order chi connectivity index (χ0) is 45.7. The van der Waals surface area contributed by atoms with Crippen LogP contribution in [0.3, 0.4) is 0 Å². The van der Waals surface area contributed by atoms with Crippen molar-refractivity contribution in [2.45, 2.75) is 114 Å². The molecule has 3 unspecified atom stereocenters. The van der Waals surface area contributed by atoms with E-state index in [0.717, 1.165) is 34.4 Å². The van der Waals surface area contributed by atoms with E-state index in [1.807, 2.05) is 115 Å². The quantitative estimate of drug-likeness (QED) is 0.0541. The van der Waals surface area contributed by atoms with E-state index < -0.39 is 52.5 Å². The number of rotatable bonds is 24. The second-order valence-electron chi connectivity index (χ2n) is 16.5. The number of hydrogen-bond donors (Lipinski definition) is 1. The lowest BCUT2D eigenvalue weighted by atomic mass is 9.94. The van der Waals surface area contributed by atoms with Gasteiger partial charge in [-0.15, -0.1) is 0 Å². The van der Waals surface area contributed by atoms with Crippen LogP contribution in [-0.4, -0.2) is 106 Å². The molecule has 2 aliphatic rings. The predicted octanol–water partition coefficient (Wildman–Crippen LogP) is 7.71. The summed E-state index contributed by atoms with van der Waals surface area (Å²) in [5, 5.41) is 0.212. The highest BCUT2D eigenvalue weighted by atomic mass is 32.3. The second kappa shape index (κ2) is 23.3. The largest absolute Gasteiger partial charge is 0.497 e. The molecule has 0 aromatic heterocycles. The predicted molar refractivity (Wildman–Crippen MR) is 245 cm³/mol. The summed E-state index contributed by atoms with van der Waals surface area (Å²) in [4.78, 5) is 0. The van der Waals surface area contributed by atoms with Gasteiger partial charge in [0.2, 0.25) is 11.6 Å². The topological polar surface area (TPSA) is 147 Å². The van der Waals surface area contributed by atoms with Gasteiger partial charge in [-0.3, -0.25) is 4.55 Å². The van der Waals surface area contributed by atoms with E-state index in [2.05, 4.69) is 13.8 Å². The molecule has 6 rings (SSSR count). The minimum atomic E-state index is -5.15. The van der Waals surface area contributed by atoms with Crippen molar-refractivity contribution in [1.29, 1.82) is 0 Å². The van der Waals surface area contributed by atoms with Crippen LogP contribution in [0.2, 0.25) is 0 Å². The van der Waals surface area contributed by atoms with Gasteiger partial charge in [0.05, 0.1) is 40.1 Å². The fourth-order valence-electron chi connectivity index (χ4n) is 8.41. The van der Waals surface area contributed by atoms with Crippen molar-refractivity contribution in [2.75, 3.05) is 39.4 Å². The summed E-state index contributed by atoms with van der Waals surface area (Å²) >= 11 is 0. The summed E-state index contributed by atoms with van der Waals surface area (Å²) in [5.41, 5.74) is 3.72. The van der Waals surface area contributed by atoms with Crippen LogP contribution in [0.15, 0.2) is 115 Å². The van der Waals surface area contributed by atoms with E-state index in [4.69, 9.17) is 46.8 Å². The third kappa shape index (κ3) is 13.1. The molecule has 2 aliphatic heterocycles. The van der Waals surface area contributed by atoms with Crippen LogP contribution >= 0.6 is 0 Å². The van der Waals surface area contributed by atoms with Gasteiger partial charge < -0.3 is 42.6 Å². The van der Waals surface area contributed by atoms with Crippen LogP contribution in [0.5, 0.6) is 5.75 Å². The van der Waals surface area contributed by atoms with Crippen LogP contribution in [0.1, 0.15) is 56.4 Å². The Morgan fingerprint density at radius 3 is 1.75 bits per heavy atom. The molecule has 0 bridgehead atoms. The molecule has 0 aliphatic carbocycles. The first kappa shape index (κ1) is 50.0. The summed E-state index contributed by atoms with van der Waals surface area (Å²) in [6.45, 7) is 8.65. The molecule has 0 radical (unpaired) electrons. The molecule has 0 saturated carbocycles. The van der Waals surface area contributed by atoms with Gasteiger partial charge in [0.1, 0.15) is 59.1 Å². The lowest BCUT2D eigenvalue weighted by molar-refractivity contribution is -0.462. The van der Waals surface area contributed by atoms with Crippen molar-refractivity contribution in [3.05, 3.63) is 138 Å². The van der Waals surface area contributed by atoms with E-state index in [1.165, 1.54) is 14.2 Å². The van der Waals surface area contributed by atoms with Crippen molar-refractivity contribution in [2.24, 2.45) is 5.92 Å². The maximum atomic E-state index is 13.2. The molecule has 64 heavy (non-hydrogen) atoms. The van der Waals surface area contributed by atoms with Crippen LogP contribution in [0.25, 0.3) is 0 Å². The van der Waals surface area contributed by atoms with Crippen LogP contribution < -0.4 is 4.74 Å². The van der Waals surface area contributed by atoms with E-state index in [0.29, 0.717) is 18.1 Å². The van der Waals surface area contributed by atoms with Gasteiger partial charge >= 0.3 is 10.4 Å². The molecule has 13 nitrogen and oxygen atoms in total. The van der Waals surface area contributed by atoms with Crippen molar-refractivity contribution in [3.63, 3.8) is 0 Å². The van der Waals surface area contributed by atoms with Crippen molar-refractivity contribution < 1.29 is 59.8 Å². The van der Waals surface area contributed by atoms with Gasteiger partial charge in [-0.2, -0.15) is 8.42 Å². The maximum absolute atomic E-state index is 13.2. The van der Waals surface area contributed by atoms with E-state index >= 15 is 0 Å². The summed E-state index contributed by atoms with van der Waals surface area (Å²) in [6.07, 6.45) is -5.02. The molecule has 0 amide bonds. The molecule has 2 saturated heterocycles. The Hall–Kier alpha value is -3.42. The molecule has 1 N–H and O–H groups in total. The first-order valence-electron chi connectivity index (χ1n) is 21.7. The van der Waals surface area contributed by atoms with Gasteiger partial charge in [-0.1, -0.05) is 117 Å². The normalized spacial score (nSPS) is 27.5. The fraction of sp³-hybridized carbons (Fsp3) is 0.510. The standard InChI is InChI=1S/C49H64O13S2/c1-8-44-35(2)42(58-31-39-24-26-40(53-5)27-25-39)33-63(44)34-43(59-30-38-22-16-11-17-23-38)46(62-64(50,51)52)47-45(60-48(3,54-6)49(4,55-7)61-47)41(57-29-37-20-14-10-15-21-37)32-56-28-36-18-12-9-13-19-36/h9-27,35,41-47H,8,28-34H2,1-7H3/p+1/t35-,41+,42+,43+,44+,45-,46+,47+,48?,49?,63?/m0/s1. The smallest absolute Gasteiger partial charge is 0.397 e. The minimum absolute atomic E-state index is 0.00308. The maximum Gasteiger partial charge on any atom is 0.397 e. The summed E-state index contributed by atoms with van der Waals surface area (Å²) < 4.78 is 100. The molecule has 2 heterocycles. The molecule has 350 valence electrons. The van der Waals surface area contributed by atoms with Crippen LogP contribution in [0.4, 0.5) is 0 Å². The Morgan fingerprint density at radius 1 is 0.719 bits per heavy atom. The van der Waals surface area contributed by atoms with Crippen molar-refractivity contribution >= 4 is 21.3 Å². The number of methoxy groups -OCH3 is 3. The number of ether oxygens (including phenoxy) is 9. The summed E-state index contributed by atoms with van der Waals surface area (Å²) in [5.74, 6) is -1.16. The molecular weight excluding hydrogens is 861 g/mol. The molecule has 4 aromatic rings. The van der Waals surface area contributed by atoms with Gasteiger partial charge in [0.25, 0.3) is 0 Å². The van der Waals surface area contributed by atoms with E-state index in [-0.39, 0.29) is 54.6 Å². The molecular formula is C49H65O13S2+. The van der Waals surface area contributed by atoms with Crippen LogP contribution in [-0.2, 0) is 89.8 Å². The zero-order valence-electron chi connectivity index (χ0n) is 37.9.